The molecule has 1 N–H and O–H groups in total. The summed E-state index contributed by atoms with van der Waals surface area (Å²) in [7, 11) is 1.33. The molecule has 0 radical (unpaired) electrons. The number of rotatable bonds is 8. The van der Waals surface area contributed by atoms with Crippen LogP contribution in [0.15, 0.2) is 66.7 Å². The molecule has 2 aromatic rings. The number of unbranched alkanes of at least 4 members (excludes halogenated alkanes) is 2. The first kappa shape index (κ1) is 19.4. The van der Waals surface area contributed by atoms with Crippen LogP contribution in [0.4, 0.5) is 0 Å². The summed E-state index contributed by atoms with van der Waals surface area (Å²) in [5.41, 5.74) is 1.95. The molecule has 0 fully saturated rings. The quantitative estimate of drug-likeness (QED) is 0.426. The Morgan fingerprint density at radius 3 is 2.31 bits per heavy atom. The Morgan fingerprint density at radius 2 is 1.69 bits per heavy atom. The smallest absolute Gasteiger partial charge is 0.337 e. The van der Waals surface area contributed by atoms with Crippen LogP contribution in [-0.4, -0.2) is 19.0 Å². The number of methoxy groups -OCH3 is 1. The fraction of sp³-hybridized carbons (Fsp3) is 0.273. The predicted octanol–water partition coefficient (Wildman–Crippen LogP) is 4.69. The highest BCUT2D eigenvalue weighted by Crippen LogP contribution is 2.16. The molecule has 4 nitrogen and oxygen atoms in total. The first-order valence-electron chi connectivity index (χ1n) is 8.86. The van der Waals surface area contributed by atoms with Crippen molar-refractivity contribution in [3.05, 3.63) is 83.4 Å². The van der Waals surface area contributed by atoms with Gasteiger partial charge in [0.1, 0.15) is 0 Å². The summed E-state index contributed by atoms with van der Waals surface area (Å²) in [5.74, 6) is -0.603. The zero-order valence-corrected chi connectivity index (χ0v) is 15.3. The number of amides is 1. The van der Waals surface area contributed by atoms with Crippen LogP contribution >= 0.6 is 0 Å². The molecule has 0 saturated carbocycles. The molecule has 136 valence electrons. The molecule has 0 bridgehead atoms. The van der Waals surface area contributed by atoms with Crippen molar-refractivity contribution in [3.8, 4) is 0 Å². The number of benzene rings is 2. The molecule has 26 heavy (non-hydrogen) atoms. The number of carbonyl (C=O) groups is 2. The molecule has 4 heteroatoms. The fourth-order valence-electron chi connectivity index (χ4n) is 2.56. The van der Waals surface area contributed by atoms with E-state index in [1.807, 2.05) is 36.4 Å². The summed E-state index contributed by atoms with van der Waals surface area (Å²) in [5, 5.41) is 3.05. The molecular formula is C22H25NO3. The summed E-state index contributed by atoms with van der Waals surface area (Å²) < 4.78 is 4.67. The molecule has 2 rings (SSSR count). The Morgan fingerprint density at radius 1 is 1.04 bits per heavy atom. The van der Waals surface area contributed by atoms with Gasteiger partial charge in [0.2, 0.25) is 0 Å². The third-order valence-electron chi connectivity index (χ3n) is 4.07. The SMILES string of the molecule is CCCCC=C[C@@H](NC(=O)c1ccc(C(=O)OC)cc1)c1ccccc1. The van der Waals surface area contributed by atoms with Crippen LogP contribution in [0.1, 0.15) is 58.5 Å². The molecule has 0 aliphatic carbocycles. The van der Waals surface area contributed by atoms with Gasteiger partial charge in [0, 0.05) is 5.56 Å². The average Bonchev–Trinajstić information content (AvgIpc) is 2.70. The Hall–Kier alpha value is -2.88. The highest BCUT2D eigenvalue weighted by molar-refractivity contribution is 5.96. The highest BCUT2D eigenvalue weighted by Gasteiger charge is 2.14. The number of hydrogen-bond acceptors (Lipinski definition) is 3. The maximum absolute atomic E-state index is 12.6. The molecule has 0 unspecified atom stereocenters. The minimum Gasteiger partial charge on any atom is -0.465 e. The third kappa shape index (κ3) is 5.59. The van der Waals surface area contributed by atoms with Gasteiger partial charge in [0.05, 0.1) is 18.7 Å². The van der Waals surface area contributed by atoms with Gasteiger partial charge in [-0.2, -0.15) is 0 Å². The first-order valence-corrected chi connectivity index (χ1v) is 8.86. The van der Waals surface area contributed by atoms with Crippen molar-refractivity contribution in [3.63, 3.8) is 0 Å². The van der Waals surface area contributed by atoms with Crippen molar-refractivity contribution in [2.75, 3.05) is 7.11 Å². The molecule has 1 atom stereocenters. The largest absolute Gasteiger partial charge is 0.465 e. The lowest BCUT2D eigenvalue weighted by atomic mass is 10.0. The normalized spacial score (nSPS) is 11.9. The summed E-state index contributed by atoms with van der Waals surface area (Å²) in [6.07, 6.45) is 7.40. The van der Waals surface area contributed by atoms with Gasteiger partial charge in [0.25, 0.3) is 5.91 Å². The van der Waals surface area contributed by atoms with Gasteiger partial charge in [-0.25, -0.2) is 4.79 Å². The zero-order chi connectivity index (χ0) is 18.8. The summed E-state index contributed by atoms with van der Waals surface area (Å²) in [6, 6.07) is 16.1. The molecule has 0 aliphatic heterocycles. The minimum absolute atomic E-state index is 0.185. The van der Waals surface area contributed by atoms with Crippen molar-refractivity contribution in [2.24, 2.45) is 0 Å². The van der Waals surface area contributed by atoms with E-state index >= 15 is 0 Å². The van der Waals surface area contributed by atoms with E-state index in [2.05, 4.69) is 23.1 Å². The Kier molecular flexibility index (Phi) is 7.62. The fourth-order valence-corrected chi connectivity index (χ4v) is 2.56. The van der Waals surface area contributed by atoms with Gasteiger partial charge in [-0.15, -0.1) is 0 Å². The van der Waals surface area contributed by atoms with Gasteiger partial charge >= 0.3 is 5.97 Å². The van der Waals surface area contributed by atoms with Crippen LogP contribution < -0.4 is 5.32 Å². The van der Waals surface area contributed by atoms with Crippen molar-refractivity contribution < 1.29 is 14.3 Å². The summed E-state index contributed by atoms with van der Waals surface area (Å²) >= 11 is 0. The molecule has 0 saturated heterocycles. The second-order valence-corrected chi connectivity index (χ2v) is 6.00. The Labute approximate surface area is 154 Å². The van der Waals surface area contributed by atoms with Crippen LogP contribution in [0.5, 0.6) is 0 Å². The molecule has 0 aliphatic rings. The van der Waals surface area contributed by atoms with Gasteiger partial charge in [-0.1, -0.05) is 62.2 Å². The maximum atomic E-state index is 12.6. The number of hydrogen-bond donors (Lipinski definition) is 1. The molecule has 0 heterocycles. The van der Waals surface area contributed by atoms with E-state index in [0.717, 1.165) is 24.8 Å². The molecule has 0 aromatic heterocycles. The van der Waals surface area contributed by atoms with E-state index in [1.165, 1.54) is 7.11 Å². The van der Waals surface area contributed by atoms with Crippen LogP contribution in [0.25, 0.3) is 0 Å². The lowest BCUT2D eigenvalue weighted by Crippen LogP contribution is -2.27. The number of carbonyl (C=O) groups excluding carboxylic acids is 2. The Balaban J connectivity index is 2.12. The molecular weight excluding hydrogens is 326 g/mol. The zero-order valence-electron chi connectivity index (χ0n) is 15.3. The standard InChI is InChI=1S/C22H25NO3/c1-3-4-5-9-12-20(17-10-7-6-8-11-17)23-21(24)18-13-15-19(16-14-18)22(25)26-2/h6-16,20H,3-5H2,1-2H3,(H,23,24)/t20-/m1/s1. The second-order valence-electron chi connectivity index (χ2n) is 6.00. The number of esters is 1. The first-order chi connectivity index (χ1) is 12.7. The van der Waals surface area contributed by atoms with Crippen molar-refractivity contribution in [1.29, 1.82) is 0 Å². The highest BCUT2D eigenvalue weighted by atomic mass is 16.5. The molecule has 0 spiro atoms. The summed E-state index contributed by atoms with van der Waals surface area (Å²) in [6.45, 7) is 2.16. The predicted molar refractivity (Wildman–Crippen MR) is 103 cm³/mol. The van der Waals surface area contributed by atoms with Crippen molar-refractivity contribution in [1.82, 2.24) is 5.32 Å². The van der Waals surface area contributed by atoms with Gasteiger partial charge in [0.15, 0.2) is 0 Å². The second kappa shape index (κ2) is 10.2. The number of allylic oxidation sites excluding steroid dienone is 1. The maximum Gasteiger partial charge on any atom is 0.337 e. The Bertz CT molecular complexity index is 736. The van der Waals surface area contributed by atoms with Crippen LogP contribution in [0, 0.1) is 0 Å². The lowest BCUT2D eigenvalue weighted by Gasteiger charge is -2.16. The monoisotopic (exact) mass is 351 g/mol. The van der Waals surface area contributed by atoms with E-state index in [1.54, 1.807) is 24.3 Å². The minimum atomic E-state index is -0.419. The average molecular weight is 351 g/mol. The number of ether oxygens (including phenoxy) is 1. The van der Waals surface area contributed by atoms with Crippen LogP contribution in [-0.2, 0) is 4.74 Å². The van der Waals surface area contributed by atoms with Crippen LogP contribution in [0.2, 0.25) is 0 Å². The lowest BCUT2D eigenvalue weighted by molar-refractivity contribution is 0.0600. The van der Waals surface area contributed by atoms with E-state index < -0.39 is 5.97 Å². The van der Waals surface area contributed by atoms with E-state index in [4.69, 9.17) is 0 Å². The topological polar surface area (TPSA) is 55.4 Å². The number of nitrogens with one attached hydrogen (secondary N) is 1. The van der Waals surface area contributed by atoms with Gasteiger partial charge in [-0.3, -0.25) is 4.79 Å². The van der Waals surface area contributed by atoms with Gasteiger partial charge < -0.3 is 10.1 Å². The van der Waals surface area contributed by atoms with Crippen molar-refractivity contribution in [2.45, 2.75) is 32.2 Å². The molecule has 1 amide bonds. The van der Waals surface area contributed by atoms with Crippen molar-refractivity contribution >= 4 is 11.9 Å². The van der Waals surface area contributed by atoms with E-state index in [0.29, 0.717) is 11.1 Å². The summed E-state index contributed by atoms with van der Waals surface area (Å²) in [4.78, 5) is 24.1. The van der Waals surface area contributed by atoms with Crippen LogP contribution in [0.3, 0.4) is 0 Å². The van der Waals surface area contributed by atoms with Gasteiger partial charge in [-0.05, 0) is 36.2 Å². The third-order valence-corrected chi connectivity index (χ3v) is 4.07. The van der Waals surface area contributed by atoms with E-state index in [-0.39, 0.29) is 11.9 Å². The molecule has 2 aromatic carbocycles. The van der Waals surface area contributed by atoms with E-state index in [9.17, 15) is 9.59 Å².